The number of aliphatic hydroxyl groups is 1. The van der Waals surface area contributed by atoms with Crippen LogP contribution in [-0.2, 0) is 16.8 Å². The van der Waals surface area contributed by atoms with Crippen molar-refractivity contribution in [2.24, 2.45) is 0 Å². The summed E-state index contributed by atoms with van der Waals surface area (Å²) in [6, 6.07) is 18.2. The summed E-state index contributed by atoms with van der Waals surface area (Å²) in [5.41, 5.74) is 5.22. The number of rotatable bonds is 6. The Kier molecular flexibility index (Phi) is 5.57. The zero-order chi connectivity index (χ0) is 23.9. The second-order valence-electron chi connectivity index (χ2n) is 9.61. The minimum Gasteiger partial charge on any atom is -0.386 e. The average Bonchev–Trinajstić information content (AvgIpc) is 3.22. The van der Waals surface area contributed by atoms with Gasteiger partial charge in [-0.15, -0.1) is 0 Å². The highest BCUT2D eigenvalue weighted by molar-refractivity contribution is 5.80. The van der Waals surface area contributed by atoms with Crippen LogP contribution in [0, 0.1) is 6.92 Å². The molecule has 5 rings (SSSR count). The van der Waals surface area contributed by atoms with Crippen molar-refractivity contribution < 1.29 is 9.90 Å². The highest BCUT2D eigenvalue weighted by Gasteiger charge is 2.30. The minimum atomic E-state index is -0.869. The Bertz CT molecular complexity index is 1310. The zero-order valence-corrected chi connectivity index (χ0v) is 19.7. The first-order chi connectivity index (χ1) is 16.3. The molecule has 1 saturated heterocycles. The Balaban J connectivity index is 1.26. The zero-order valence-electron chi connectivity index (χ0n) is 19.7. The van der Waals surface area contributed by atoms with E-state index in [0.29, 0.717) is 19.5 Å². The Labute approximate surface area is 199 Å². The molecule has 7 nitrogen and oxygen atoms in total. The molecule has 7 heteroatoms. The van der Waals surface area contributed by atoms with Crippen molar-refractivity contribution >= 4 is 17.2 Å². The van der Waals surface area contributed by atoms with Crippen molar-refractivity contribution in [2.75, 3.05) is 18.0 Å². The van der Waals surface area contributed by atoms with Gasteiger partial charge in [0.05, 0.1) is 18.1 Å². The molecule has 0 unspecified atom stereocenters. The fourth-order valence-electron chi connectivity index (χ4n) is 4.30. The number of nitrogens with zero attached hydrogens (tertiary/aromatic N) is 4. The van der Waals surface area contributed by atoms with Crippen LogP contribution in [0.1, 0.15) is 30.5 Å². The van der Waals surface area contributed by atoms with Crippen molar-refractivity contribution in [3.05, 3.63) is 83.8 Å². The molecular weight excluding hydrogens is 426 g/mol. The van der Waals surface area contributed by atoms with E-state index in [1.165, 1.54) is 5.56 Å². The van der Waals surface area contributed by atoms with E-state index in [0.717, 1.165) is 33.6 Å². The predicted molar refractivity (Wildman–Crippen MR) is 133 cm³/mol. The van der Waals surface area contributed by atoms with Crippen LogP contribution >= 0.6 is 0 Å². The van der Waals surface area contributed by atoms with Crippen molar-refractivity contribution in [2.45, 2.75) is 38.8 Å². The number of hydrogen-bond donors (Lipinski definition) is 2. The topological polar surface area (TPSA) is 82.8 Å². The van der Waals surface area contributed by atoms with Crippen LogP contribution in [0.3, 0.4) is 0 Å². The SMILES string of the molecule is Cc1ccc(CC(=O)NC2CN(c3ncnn4cc(-c5ccc(C(C)(C)O)cc5)cc34)C2)cc1. The molecule has 0 aliphatic carbocycles. The molecule has 3 heterocycles. The van der Waals surface area contributed by atoms with Crippen LogP contribution in [0.25, 0.3) is 16.6 Å². The standard InChI is InChI=1S/C27H29N5O2/c1-18-4-6-19(7-5-18)12-25(33)30-23-15-31(16-23)26-24-13-21(14-32(24)29-17-28-26)20-8-10-22(11-9-20)27(2,3)34/h4-11,13-14,17,23,34H,12,15-16H2,1-3H3,(H,30,33). The van der Waals surface area contributed by atoms with Gasteiger partial charge in [-0.25, -0.2) is 9.50 Å². The summed E-state index contributed by atoms with van der Waals surface area (Å²) in [7, 11) is 0. The molecule has 174 valence electrons. The summed E-state index contributed by atoms with van der Waals surface area (Å²) in [5, 5.41) is 17.7. The number of anilines is 1. The number of carbonyl (C=O) groups excluding carboxylic acids is 1. The summed E-state index contributed by atoms with van der Waals surface area (Å²) in [5.74, 6) is 0.902. The molecule has 1 amide bonds. The van der Waals surface area contributed by atoms with Gasteiger partial charge in [0, 0.05) is 24.8 Å². The highest BCUT2D eigenvalue weighted by atomic mass is 16.3. The van der Waals surface area contributed by atoms with Gasteiger partial charge in [-0.3, -0.25) is 4.79 Å². The third-order valence-electron chi connectivity index (χ3n) is 6.34. The van der Waals surface area contributed by atoms with Gasteiger partial charge in [-0.1, -0.05) is 54.1 Å². The lowest BCUT2D eigenvalue weighted by atomic mass is 9.96. The van der Waals surface area contributed by atoms with E-state index in [4.69, 9.17) is 0 Å². The smallest absolute Gasteiger partial charge is 0.224 e. The van der Waals surface area contributed by atoms with E-state index >= 15 is 0 Å². The fourth-order valence-corrected chi connectivity index (χ4v) is 4.30. The predicted octanol–water partition coefficient (Wildman–Crippen LogP) is 3.48. The molecule has 4 aromatic rings. The van der Waals surface area contributed by atoms with Gasteiger partial charge in [0.15, 0.2) is 5.82 Å². The molecule has 0 atom stereocenters. The van der Waals surface area contributed by atoms with Gasteiger partial charge in [-0.2, -0.15) is 5.10 Å². The number of carbonyl (C=O) groups is 1. The van der Waals surface area contributed by atoms with Crippen molar-refractivity contribution in [1.82, 2.24) is 19.9 Å². The number of amides is 1. The van der Waals surface area contributed by atoms with Gasteiger partial charge in [0.1, 0.15) is 11.8 Å². The molecule has 34 heavy (non-hydrogen) atoms. The third kappa shape index (κ3) is 4.52. The number of benzene rings is 2. The Morgan fingerprint density at radius 3 is 2.47 bits per heavy atom. The van der Waals surface area contributed by atoms with Crippen LogP contribution in [-0.4, -0.2) is 44.7 Å². The van der Waals surface area contributed by atoms with Crippen LogP contribution in [0.4, 0.5) is 5.82 Å². The maximum Gasteiger partial charge on any atom is 0.224 e. The lowest BCUT2D eigenvalue weighted by molar-refractivity contribution is -0.121. The number of hydrogen-bond acceptors (Lipinski definition) is 5. The Hall–Kier alpha value is -3.71. The first-order valence-electron chi connectivity index (χ1n) is 11.5. The third-order valence-corrected chi connectivity index (χ3v) is 6.34. The van der Waals surface area contributed by atoms with Gasteiger partial charge < -0.3 is 15.3 Å². The number of nitrogens with one attached hydrogen (secondary N) is 1. The van der Waals surface area contributed by atoms with E-state index in [9.17, 15) is 9.90 Å². The van der Waals surface area contributed by atoms with Gasteiger partial charge >= 0.3 is 0 Å². The maximum atomic E-state index is 12.4. The quantitative estimate of drug-likeness (QED) is 0.465. The molecule has 0 spiro atoms. The summed E-state index contributed by atoms with van der Waals surface area (Å²) in [6.45, 7) is 7.03. The van der Waals surface area contributed by atoms with Crippen LogP contribution < -0.4 is 10.2 Å². The summed E-state index contributed by atoms with van der Waals surface area (Å²) < 4.78 is 1.84. The number of aryl methyl sites for hydroxylation is 1. The molecule has 2 aromatic carbocycles. The lowest BCUT2D eigenvalue weighted by Crippen LogP contribution is -2.60. The van der Waals surface area contributed by atoms with Gasteiger partial charge in [0.25, 0.3) is 0 Å². The van der Waals surface area contributed by atoms with E-state index in [1.807, 2.05) is 66.2 Å². The van der Waals surface area contributed by atoms with Gasteiger partial charge in [-0.05, 0) is 43.5 Å². The van der Waals surface area contributed by atoms with Crippen LogP contribution in [0.15, 0.2) is 67.1 Å². The molecule has 2 aromatic heterocycles. The largest absolute Gasteiger partial charge is 0.386 e. The van der Waals surface area contributed by atoms with Crippen molar-refractivity contribution in [3.8, 4) is 11.1 Å². The number of fused-ring (bicyclic) bond motifs is 1. The molecule has 2 N–H and O–H groups in total. The van der Waals surface area contributed by atoms with Crippen LogP contribution in [0.2, 0.25) is 0 Å². The first kappa shape index (κ1) is 22.1. The molecule has 1 aliphatic heterocycles. The average molecular weight is 456 g/mol. The first-order valence-corrected chi connectivity index (χ1v) is 11.5. The minimum absolute atomic E-state index is 0.0424. The monoisotopic (exact) mass is 455 g/mol. The molecule has 0 radical (unpaired) electrons. The fraction of sp³-hybridized carbons (Fsp3) is 0.296. The molecule has 0 bridgehead atoms. The summed E-state index contributed by atoms with van der Waals surface area (Å²) in [4.78, 5) is 19.1. The normalized spacial score (nSPS) is 14.3. The van der Waals surface area contributed by atoms with E-state index in [1.54, 1.807) is 20.2 Å². The summed E-state index contributed by atoms with van der Waals surface area (Å²) in [6.07, 6.45) is 3.94. The van der Waals surface area contributed by atoms with E-state index < -0.39 is 5.60 Å². The van der Waals surface area contributed by atoms with Gasteiger partial charge in [0.2, 0.25) is 5.91 Å². The van der Waals surface area contributed by atoms with E-state index in [-0.39, 0.29) is 11.9 Å². The lowest BCUT2D eigenvalue weighted by Gasteiger charge is -2.40. The molecule has 1 fully saturated rings. The maximum absolute atomic E-state index is 12.4. The van der Waals surface area contributed by atoms with Crippen molar-refractivity contribution in [3.63, 3.8) is 0 Å². The molecule has 0 saturated carbocycles. The molecular formula is C27H29N5O2. The summed E-state index contributed by atoms with van der Waals surface area (Å²) >= 11 is 0. The second-order valence-corrected chi connectivity index (χ2v) is 9.61. The van der Waals surface area contributed by atoms with E-state index in [2.05, 4.69) is 26.4 Å². The molecule has 1 aliphatic rings. The Morgan fingerprint density at radius 1 is 1.09 bits per heavy atom. The second kappa shape index (κ2) is 8.57. The van der Waals surface area contributed by atoms with Crippen LogP contribution in [0.5, 0.6) is 0 Å². The van der Waals surface area contributed by atoms with Crippen molar-refractivity contribution in [1.29, 1.82) is 0 Å². The highest BCUT2D eigenvalue weighted by Crippen LogP contribution is 2.30. The Morgan fingerprint density at radius 2 is 1.79 bits per heavy atom. The number of aromatic nitrogens is 3.